The maximum absolute atomic E-state index is 13.9. The van der Waals surface area contributed by atoms with Crippen molar-refractivity contribution in [1.82, 2.24) is 14.9 Å². The van der Waals surface area contributed by atoms with Gasteiger partial charge >= 0.3 is 0 Å². The van der Waals surface area contributed by atoms with Crippen LogP contribution >= 0.6 is 0 Å². The van der Waals surface area contributed by atoms with Gasteiger partial charge in [-0.05, 0) is 49.1 Å². The van der Waals surface area contributed by atoms with Gasteiger partial charge in [0, 0.05) is 19.2 Å². The third-order valence-corrected chi connectivity index (χ3v) is 6.08. The second-order valence-corrected chi connectivity index (χ2v) is 8.50. The Morgan fingerprint density at radius 1 is 1.50 bits per heavy atom. The summed E-state index contributed by atoms with van der Waals surface area (Å²) in [7, 11) is 0. The molecule has 1 aromatic rings. The number of hydrogen-bond acceptors (Lipinski definition) is 5. The lowest BCUT2D eigenvalue weighted by Crippen LogP contribution is -2.44. The number of hydroxylamine groups is 2. The minimum atomic E-state index is -0.676. The quantitative estimate of drug-likeness (QED) is 0.344. The number of carbonyl (C=O) groups is 3. The summed E-state index contributed by atoms with van der Waals surface area (Å²) in [5.41, 5.74) is -0.0228. The molecule has 1 saturated heterocycles. The fraction of sp³-hybridized carbons (Fsp3) is 0.619. The van der Waals surface area contributed by atoms with E-state index in [0.29, 0.717) is 30.9 Å². The van der Waals surface area contributed by atoms with Crippen molar-refractivity contribution in [3.8, 4) is 0 Å². The van der Waals surface area contributed by atoms with E-state index in [1.165, 1.54) is 18.3 Å². The van der Waals surface area contributed by atoms with Crippen molar-refractivity contribution in [2.24, 2.45) is 11.3 Å². The lowest BCUT2D eigenvalue weighted by Gasteiger charge is -2.27. The Balaban J connectivity index is 1.69. The van der Waals surface area contributed by atoms with Gasteiger partial charge in [0.2, 0.25) is 18.2 Å². The van der Waals surface area contributed by atoms with Crippen molar-refractivity contribution in [1.29, 1.82) is 0 Å². The number of unbranched alkanes of at least 4 members (excludes halogenated alkanes) is 1. The first-order valence-corrected chi connectivity index (χ1v) is 10.5. The molecule has 2 aliphatic rings. The summed E-state index contributed by atoms with van der Waals surface area (Å²) in [6.45, 7) is 2.61. The van der Waals surface area contributed by atoms with Gasteiger partial charge in [-0.15, -0.1) is 0 Å². The summed E-state index contributed by atoms with van der Waals surface area (Å²) >= 11 is 0. The lowest BCUT2D eigenvalue weighted by atomic mass is 9.97. The second-order valence-electron chi connectivity index (χ2n) is 8.50. The van der Waals surface area contributed by atoms with Crippen LogP contribution in [0.5, 0.6) is 0 Å². The third-order valence-electron chi connectivity index (χ3n) is 6.08. The highest BCUT2D eigenvalue weighted by Gasteiger charge is 2.55. The molecular weight excluding hydrogens is 391 g/mol. The number of nitrogens with zero attached hydrogens (tertiary/aromatic N) is 3. The summed E-state index contributed by atoms with van der Waals surface area (Å²) in [6, 6.07) is 1.98. The van der Waals surface area contributed by atoms with E-state index in [2.05, 4.69) is 10.3 Å². The van der Waals surface area contributed by atoms with E-state index in [1.807, 2.05) is 6.92 Å². The molecule has 8 nitrogen and oxygen atoms in total. The Bertz CT molecular complexity index is 786. The highest BCUT2D eigenvalue weighted by atomic mass is 19.1. The smallest absolute Gasteiger partial charge is 0.248 e. The Hall–Kier alpha value is -2.55. The van der Waals surface area contributed by atoms with E-state index in [0.717, 1.165) is 25.7 Å². The number of amides is 3. The van der Waals surface area contributed by atoms with Crippen molar-refractivity contribution in [3.05, 3.63) is 24.1 Å². The van der Waals surface area contributed by atoms with Gasteiger partial charge < -0.3 is 10.2 Å². The summed E-state index contributed by atoms with van der Waals surface area (Å²) in [4.78, 5) is 42.2. The van der Waals surface area contributed by atoms with E-state index in [1.54, 1.807) is 4.90 Å². The summed E-state index contributed by atoms with van der Waals surface area (Å²) < 4.78 is 13.9. The normalized spacial score (nSPS) is 20.1. The van der Waals surface area contributed by atoms with Gasteiger partial charge in [0.25, 0.3) is 0 Å². The van der Waals surface area contributed by atoms with E-state index in [4.69, 9.17) is 0 Å². The molecule has 3 amide bonds. The molecule has 2 atom stereocenters. The number of pyridine rings is 1. The fourth-order valence-electron chi connectivity index (χ4n) is 4.19. The van der Waals surface area contributed by atoms with E-state index < -0.39 is 17.8 Å². The van der Waals surface area contributed by atoms with Crippen LogP contribution in [0.3, 0.4) is 0 Å². The summed E-state index contributed by atoms with van der Waals surface area (Å²) in [5, 5.41) is 12.6. The van der Waals surface area contributed by atoms with Crippen LogP contribution in [-0.4, -0.2) is 57.5 Å². The molecule has 1 spiro atoms. The monoisotopic (exact) mass is 420 g/mol. The van der Waals surface area contributed by atoms with Gasteiger partial charge in [0.05, 0.1) is 6.54 Å². The molecule has 3 rings (SSSR count). The molecular formula is C21H29FN4O4. The summed E-state index contributed by atoms with van der Waals surface area (Å²) in [6.07, 6.45) is 6.85. The van der Waals surface area contributed by atoms with Crippen LogP contribution in [0.1, 0.15) is 51.9 Å². The molecule has 1 saturated carbocycles. The largest absolute Gasteiger partial charge is 0.330 e. The molecule has 2 N–H and O–H groups in total. The molecule has 0 bridgehead atoms. The highest BCUT2D eigenvalue weighted by molar-refractivity contribution is 5.97. The number of rotatable bonds is 10. The first-order valence-electron chi connectivity index (χ1n) is 10.5. The molecule has 164 valence electrons. The Kier molecular flexibility index (Phi) is 7.02. The van der Waals surface area contributed by atoms with Gasteiger partial charge in [-0.3, -0.25) is 19.6 Å². The van der Waals surface area contributed by atoms with Crippen LogP contribution in [0, 0.1) is 17.2 Å². The van der Waals surface area contributed by atoms with Crippen molar-refractivity contribution in [2.45, 2.75) is 57.9 Å². The molecule has 0 unspecified atom stereocenters. The average molecular weight is 420 g/mol. The Morgan fingerprint density at radius 3 is 2.90 bits per heavy atom. The van der Waals surface area contributed by atoms with Crippen molar-refractivity contribution in [2.75, 3.05) is 18.4 Å². The predicted molar refractivity (Wildman–Crippen MR) is 107 cm³/mol. The SMILES string of the molecule is CCCC[C@H](CC(=O)N1CC2(CC2)C[C@H]1C(=O)Nc1ncccc1F)CN(O)C=O. The minimum Gasteiger partial charge on any atom is -0.330 e. The maximum Gasteiger partial charge on any atom is 0.248 e. The highest BCUT2D eigenvalue weighted by Crippen LogP contribution is 2.55. The molecule has 1 aromatic heterocycles. The summed E-state index contributed by atoms with van der Waals surface area (Å²) in [5.74, 6) is -1.58. The van der Waals surface area contributed by atoms with E-state index in [9.17, 15) is 24.0 Å². The zero-order valence-corrected chi connectivity index (χ0v) is 17.2. The van der Waals surface area contributed by atoms with E-state index in [-0.39, 0.29) is 36.0 Å². The first kappa shape index (κ1) is 22.1. The number of anilines is 1. The van der Waals surface area contributed by atoms with Gasteiger partial charge in [-0.25, -0.2) is 14.4 Å². The standard InChI is InChI=1S/C21H29FN4O4/c1-2-3-5-15(12-25(30)14-27)10-18(28)26-13-21(7-8-21)11-17(26)20(29)24-19-16(22)6-4-9-23-19/h4,6,9,14-15,17,30H,2-3,5,7-8,10-13H2,1H3,(H,23,24,29)/t15-,17+/m1/s1. The Morgan fingerprint density at radius 2 is 2.27 bits per heavy atom. The van der Waals surface area contributed by atoms with E-state index >= 15 is 0 Å². The molecule has 2 heterocycles. The number of likely N-dealkylation sites (tertiary alicyclic amines) is 1. The van der Waals surface area contributed by atoms with Crippen LogP contribution in [-0.2, 0) is 14.4 Å². The molecule has 9 heteroatoms. The zero-order chi connectivity index (χ0) is 21.7. The molecule has 0 aromatic carbocycles. The maximum atomic E-state index is 13.9. The van der Waals surface area contributed by atoms with Crippen LogP contribution in [0.4, 0.5) is 10.2 Å². The van der Waals surface area contributed by atoms with Crippen LogP contribution in [0.15, 0.2) is 18.3 Å². The molecule has 0 radical (unpaired) electrons. The van der Waals surface area contributed by atoms with Gasteiger partial charge in [0.1, 0.15) is 6.04 Å². The topological polar surface area (TPSA) is 103 Å². The average Bonchev–Trinajstić information content (AvgIpc) is 3.37. The van der Waals surface area contributed by atoms with Crippen LogP contribution in [0.25, 0.3) is 0 Å². The number of halogens is 1. The number of nitrogens with one attached hydrogen (secondary N) is 1. The molecule has 1 aliphatic heterocycles. The lowest BCUT2D eigenvalue weighted by molar-refractivity contribution is -0.154. The van der Waals surface area contributed by atoms with Crippen molar-refractivity contribution >= 4 is 24.0 Å². The number of aromatic nitrogens is 1. The van der Waals surface area contributed by atoms with Crippen molar-refractivity contribution in [3.63, 3.8) is 0 Å². The van der Waals surface area contributed by atoms with Gasteiger partial charge in [-0.2, -0.15) is 0 Å². The zero-order valence-electron chi connectivity index (χ0n) is 17.2. The van der Waals surface area contributed by atoms with Crippen LogP contribution in [0.2, 0.25) is 0 Å². The third kappa shape index (κ3) is 5.33. The molecule has 2 fully saturated rings. The van der Waals surface area contributed by atoms with Gasteiger partial charge in [-0.1, -0.05) is 19.8 Å². The Labute approximate surface area is 175 Å². The first-order chi connectivity index (χ1) is 14.4. The van der Waals surface area contributed by atoms with Gasteiger partial charge in [0.15, 0.2) is 11.6 Å². The second kappa shape index (κ2) is 9.51. The predicted octanol–water partition coefficient (Wildman–Crippen LogP) is 2.58. The minimum absolute atomic E-state index is 0.0228. The number of hydrogen-bond donors (Lipinski definition) is 2. The molecule has 30 heavy (non-hydrogen) atoms. The van der Waals surface area contributed by atoms with Crippen molar-refractivity contribution < 1.29 is 24.0 Å². The fourth-order valence-corrected chi connectivity index (χ4v) is 4.19. The number of carbonyl (C=O) groups excluding carboxylic acids is 3. The molecule has 1 aliphatic carbocycles. The van der Waals surface area contributed by atoms with Crippen LogP contribution < -0.4 is 5.32 Å².